The van der Waals surface area contributed by atoms with E-state index in [0.29, 0.717) is 0 Å². The number of anilines is 1. The predicted octanol–water partition coefficient (Wildman–Crippen LogP) is 5.45. The Morgan fingerprint density at radius 2 is 1.12 bits per heavy atom. The van der Waals surface area contributed by atoms with E-state index in [4.69, 9.17) is 0 Å². The van der Waals surface area contributed by atoms with Crippen molar-refractivity contribution < 1.29 is 22.8 Å². The zero-order chi connectivity index (χ0) is 23.3. The smallest absolute Gasteiger partial charge is 0.274 e. The number of hydrogen-bond donors (Lipinski definition) is 0. The summed E-state index contributed by atoms with van der Waals surface area (Å²) < 4.78 is 40.1. The van der Waals surface area contributed by atoms with Crippen LogP contribution >= 0.6 is 0 Å². The lowest BCUT2D eigenvalue weighted by Gasteiger charge is -2.57. The maximum absolute atomic E-state index is 13.9. The number of carbonyl (C=O) groups excluding carboxylic acids is 2. The minimum absolute atomic E-state index is 0.0334. The second-order valence-corrected chi connectivity index (χ2v) is 9.51. The largest absolute Gasteiger partial charge is 0.416 e. The summed E-state index contributed by atoms with van der Waals surface area (Å²) in [6.45, 7) is 3.98. The molecule has 3 aromatic rings. The number of halogens is 3. The Hall–Kier alpha value is -3.41. The molecular formula is C27H20F3NO2. The van der Waals surface area contributed by atoms with Gasteiger partial charge in [-0.1, -0.05) is 68.4 Å². The summed E-state index contributed by atoms with van der Waals surface area (Å²) in [5, 5.41) is 0. The average molecular weight is 447 g/mol. The fourth-order valence-corrected chi connectivity index (χ4v) is 6.65. The quantitative estimate of drug-likeness (QED) is 0.465. The third-order valence-electron chi connectivity index (χ3n) is 8.07. The lowest BCUT2D eigenvalue weighted by molar-refractivity contribution is -0.137. The summed E-state index contributed by atoms with van der Waals surface area (Å²) in [7, 11) is 0. The maximum atomic E-state index is 13.9. The predicted molar refractivity (Wildman–Crippen MR) is 117 cm³/mol. The third-order valence-corrected chi connectivity index (χ3v) is 8.07. The minimum atomic E-state index is -4.57. The molecule has 3 nitrogen and oxygen atoms in total. The zero-order valence-corrected chi connectivity index (χ0v) is 18.0. The second kappa shape index (κ2) is 6.13. The molecule has 0 unspecified atom stereocenters. The van der Waals surface area contributed by atoms with Gasteiger partial charge in [0.1, 0.15) is 0 Å². The molecule has 0 saturated carbocycles. The fraction of sp³-hybridized carbons (Fsp3) is 0.259. The first-order chi connectivity index (χ1) is 15.6. The molecule has 2 amide bonds. The second-order valence-electron chi connectivity index (χ2n) is 9.51. The van der Waals surface area contributed by atoms with Crippen LogP contribution in [0, 0.1) is 11.8 Å². The summed E-state index contributed by atoms with van der Waals surface area (Å²) >= 11 is 0. The first kappa shape index (κ1) is 20.2. The molecule has 1 aliphatic heterocycles. The number of amides is 2. The van der Waals surface area contributed by atoms with Crippen LogP contribution in [0.1, 0.15) is 41.7 Å². The van der Waals surface area contributed by atoms with Crippen LogP contribution in [-0.2, 0) is 26.6 Å². The van der Waals surface area contributed by atoms with Crippen molar-refractivity contribution in [3.8, 4) is 0 Å². The Morgan fingerprint density at radius 1 is 0.697 bits per heavy atom. The lowest BCUT2D eigenvalue weighted by atomic mass is 9.42. The van der Waals surface area contributed by atoms with E-state index in [2.05, 4.69) is 0 Å². The fourth-order valence-electron chi connectivity index (χ4n) is 6.65. The summed E-state index contributed by atoms with van der Waals surface area (Å²) in [4.78, 5) is 28.8. The standard InChI is InChI=1S/C27H20F3NO2/c1-25-17-10-3-5-12-19(17)26(2,20-13-6-4-11-18(20)25)22-21(25)23(32)31(24(22)33)16-9-7-8-15(14-16)27(28,29)30/h3-14,21-22H,1-2H3/t21-,22+,25?,26?. The monoisotopic (exact) mass is 447 g/mol. The Labute approximate surface area is 188 Å². The molecule has 2 bridgehead atoms. The number of carbonyl (C=O) groups is 2. The van der Waals surface area contributed by atoms with Gasteiger partial charge >= 0.3 is 6.18 Å². The highest BCUT2D eigenvalue weighted by Crippen LogP contribution is 2.66. The molecule has 1 heterocycles. The van der Waals surface area contributed by atoms with Crippen molar-refractivity contribution in [1.82, 2.24) is 0 Å². The Kier molecular flexibility index (Phi) is 3.75. The highest BCUT2D eigenvalue weighted by Gasteiger charge is 2.70. The molecule has 33 heavy (non-hydrogen) atoms. The van der Waals surface area contributed by atoms with Crippen molar-refractivity contribution in [3.05, 3.63) is 101 Å². The van der Waals surface area contributed by atoms with Gasteiger partial charge in [-0.3, -0.25) is 9.59 Å². The summed E-state index contributed by atoms with van der Waals surface area (Å²) in [5.74, 6) is -2.28. The van der Waals surface area contributed by atoms with Gasteiger partial charge in [0.05, 0.1) is 23.1 Å². The number of alkyl halides is 3. The molecule has 2 atom stereocenters. The third kappa shape index (κ3) is 2.26. The van der Waals surface area contributed by atoms with Crippen LogP contribution < -0.4 is 4.90 Å². The van der Waals surface area contributed by atoms with E-state index in [1.807, 2.05) is 62.4 Å². The van der Waals surface area contributed by atoms with Gasteiger partial charge in [-0.05, 0) is 40.5 Å². The lowest BCUT2D eigenvalue weighted by Crippen LogP contribution is -2.59. The molecular weight excluding hydrogens is 427 g/mol. The van der Waals surface area contributed by atoms with Crippen LogP contribution in [0.15, 0.2) is 72.8 Å². The van der Waals surface area contributed by atoms with Crippen molar-refractivity contribution in [2.24, 2.45) is 11.8 Å². The number of imide groups is 1. The molecule has 166 valence electrons. The van der Waals surface area contributed by atoms with E-state index < -0.39 is 46.2 Å². The van der Waals surface area contributed by atoms with Gasteiger partial charge in [-0.25, -0.2) is 4.90 Å². The number of benzene rings is 3. The van der Waals surface area contributed by atoms with E-state index in [9.17, 15) is 22.8 Å². The van der Waals surface area contributed by atoms with E-state index in [0.717, 1.165) is 39.3 Å². The molecule has 7 rings (SSSR count). The van der Waals surface area contributed by atoms with Gasteiger partial charge in [-0.15, -0.1) is 0 Å². The van der Waals surface area contributed by atoms with Gasteiger partial charge in [0.2, 0.25) is 11.8 Å². The zero-order valence-electron chi connectivity index (χ0n) is 18.0. The molecule has 3 aliphatic carbocycles. The molecule has 6 heteroatoms. The topological polar surface area (TPSA) is 37.4 Å². The number of nitrogens with zero attached hydrogens (tertiary/aromatic N) is 1. The van der Waals surface area contributed by atoms with Gasteiger partial charge in [0.15, 0.2) is 0 Å². The van der Waals surface area contributed by atoms with Crippen molar-refractivity contribution in [2.75, 3.05) is 4.90 Å². The Morgan fingerprint density at radius 3 is 1.52 bits per heavy atom. The Bertz CT molecular complexity index is 1240. The summed E-state index contributed by atoms with van der Waals surface area (Å²) in [6, 6.07) is 20.2. The van der Waals surface area contributed by atoms with E-state index in [-0.39, 0.29) is 5.69 Å². The van der Waals surface area contributed by atoms with Gasteiger partial charge < -0.3 is 0 Å². The van der Waals surface area contributed by atoms with Crippen molar-refractivity contribution in [1.29, 1.82) is 0 Å². The molecule has 0 spiro atoms. The van der Waals surface area contributed by atoms with E-state index in [1.54, 1.807) is 0 Å². The van der Waals surface area contributed by atoms with Crippen molar-refractivity contribution in [3.63, 3.8) is 0 Å². The van der Waals surface area contributed by atoms with Crippen LogP contribution in [0.4, 0.5) is 18.9 Å². The highest BCUT2D eigenvalue weighted by molar-refractivity contribution is 6.24. The summed E-state index contributed by atoms with van der Waals surface area (Å²) in [5.41, 5.74) is 1.55. The average Bonchev–Trinajstić information content (AvgIpc) is 3.08. The van der Waals surface area contributed by atoms with E-state index in [1.165, 1.54) is 12.1 Å². The molecule has 0 N–H and O–H groups in total. The number of rotatable bonds is 1. The molecule has 3 aromatic carbocycles. The maximum Gasteiger partial charge on any atom is 0.416 e. The SMILES string of the molecule is CC12c3ccccc3C(C)(c3ccccc31)[C@H]1C(=O)N(c3cccc(C(F)(F)F)c3)C(=O)[C@H]12. The van der Waals surface area contributed by atoms with Crippen LogP contribution in [0.2, 0.25) is 0 Å². The molecule has 1 saturated heterocycles. The van der Waals surface area contributed by atoms with Crippen LogP contribution in [-0.4, -0.2) is 11.8 Å². The first-order valence-electron chi connectivity index (χ1n) is 10.9. The van der Waals surface area contributed by atoms with Gasteiger partial charge in [-0.2, -0.15) is 13.2 Å². The van der Waals surface area contributed by atoms with Crippen LogP contribution in [0.25, 0.3) is 0 Å². The van der Waals surface area contributed by atoms with E-state index >= 15 is 0 Å². The molecule has 0 aromatic heterocycles. The first-order valence-corrected chi connectivity index (χ1v) is 10.9. The van der Waals surface area contributed by atoms with Gasteiger partial charge in [0.25, 0.3) is 0 Å². The highest BCUT2D eigenvalue weighted by atomic mass is 19.4. The molecule has 4 aliphatic rings. The molecule has 0 radical (unpaired) electrons. The Balaban J connectivity index is 1.60. The van der Waals surface area contributed by atoms with Crippen LogP contribution in [0.5, 0.6) is 0 Å². The van der Waals surface area contributed by atoms with Crippen molar-refractivity contribution >= 4 is 17.5 Å². The minimum Gasteiger partial charge on any atom is -0.274 e. The normalized spacial score (nSPS) is 29.7. The number of hydrogen-bond acceptors (Lipinski definition) is 2. The molecule has 1 fully saturated rings. The van der Waals surface area contributed by atoms with Crippen molar-refractivity contribution in [2.45, 2.75) is 30.9 Å². The van der Waals surface area contributed by atoms with Crippen LogP contribution in [0.3, 0.4) is 0 Å². The summed E-state index contributed by atoms with van der Waals surface area (Å²) in [6.07, 6.45) is -4.57. The van der Waals surface area contributed by atoms with Gasteiger partial charge in [0, 0.05) is 10.8 Å².